The van der Waals surface area contributed by atoms with Crippen molar-refractivity contribution in [1.29, 1.82) is 0 Å². The summed E-state index contributed by atoms with van der Waals surface area (Å²) in [6.45, 7) is 1.01. The first-order valence-electron chi connectivity index (χ1n) is 6.76. The molecule has 1 aliphatic carbocycles. The average Bonchev–Trinajstić information content (AvgIpc) is 3.13. The summed E-state index contributed by atoms with van der Waals surface area (Å²) in [6.07, 6.45) is 3.84. The normalized spacial score (nSPS) is 14.1. The summed E-state index contributed by atoms with van der Waals surface area (Å²) in [5.74, 6) is -0.0801. The van der Waals surface area contributed by atoms with E-state index < -0.39 is 5.82 Å². The molecular weight excluding hydrogens is 275 g/mol. The number of aromatic nitrogens is 4. The molecule has 110 valence electrons. The summed E-state index contributed by atoms with van der Waals surface area (Å²) in [5.41, 5.74) is 0.684. The molecule has 1 saturated carbocycles. The fourth-order valence-corrected chi connectivity index (χ4v) is 1.94. The van der Waals surface area contributed by atoms with Crippen molar-refractivity contribution in [2.24, 2.45) is 5.92 Å². The monoisotopic (exact) mass is 290 g/mol. The third kappa shape index (κ3) is 3.60. The Hall–Kier alpha value is -2.35. The van der Waals surface area contributed by atoms with Crippen LogP contribution in [0.15, 0.2) is 24.5 Å². The quantitative estimate of drug-likeness (QED) is 0.819. The fraction of sp³-hybridized carbons (Fsp3) is 0.385. The van der Waals surface area contributed by atoms with Gasteiger partial charge in [0.05, 0.1) is 17.9 Å². The number of carbonyl (C=O) groups excluding carboxylic acids is 1. The first-order chi connectivity index (χ1) is 10.2. The van der Waals surface area contributed by atoms with Crippen LogP contribution < -0.4 is 10.6 Å². The molecule has 2 aromatic rings. The van der Waals surface area contributed by atoms with Crippen LogP contribution in [0.25, 0.3) is 5.69 Å². The SMILES string of the molecule is O=C(CNCC1CC1)Nc1cc(-n2cnnn2)ccc1F. The number of halogens is 1. The maximum Gasteiger partial charge on any atom is 0.238 e. The number of anilines is 1. The van der Waals surface area contributed by atoms with Gasteiger partial charge in [0, 0.05) is 0 Å². The lowest BCUT2D eigenvalue weighted by Crippen LogP contribution is -2.29. The maximum absolute atomic E-state index is 13.7. The van der Waals surface area contributed by atoms with Gasteiger partial charge in [0.15, 0.2) is 0 Å². The lowest BCUT2D eigenvalue weighted by atomic mass is 10.2. The highest BCUT2D eigenvalue weighted by Crippen LogP contribution is 2.27. The molecular formula is C13H15FN6O. The lowest BCUT2D eigenvalue weighted by Gasteiger charge is -2.09. The van der Waals surface area contributed by atoms with Gasteiger partial charge >= 0.3 is 0 Å². The number of carbonyl (C=O) groups is 1. The molecule has 0 atom stereocenters. The van der Waals surface area contributed by atoms with Gasteiger partial charge < -0.3 is 10.6 Å². The Morgan fingerprint density at radius 2 is 2.29 bits per heavy atom. The molecule has 1 heterocycles. The Bertz CT molecular complexity index is 626. The molecule has 1 aromatic heterocycles. The van der Waals surface area contributed by atoms with E-state index in [0.717, 1.165) is 6.54 Å². The van der Waals surface area contributed by atoms with E-state index in [9.17, 15) is 9.18 Å². The van der Waals surface area contributed by atoms with Crippen molar-refractivity contribution in [2.75, 3.05) is 18.4 Å². The van der Waals surface area contributed by atoms with Crippen molar-refractivity contribution in [1.82, 2.24) is 25.5 Å². The second-order valence-electron chi connectivity index (χ2n) is 5.04. The number of amides is 1. The molecule has 1 aromatic carbocycles. The second-order valence-corrected chi connectivity index (χ2v) is 5.04. The van der Waals surface area contributed by atoms with Gasteiger partial charge in [-0.3, -0.25) is 4.79 Å². The molecule has 0 bridgehead atoms. The summed E-state index contributed by atoms with van der Waals surface area (Å²) < 4.78 is 15.1. The third-order valence-corrected chi connectivity index (χ3v) is 3.25. The first-order valence-corrected chi connectivity index (χ1v) is 6.76. The van der Waals surface area contributed by atoms with Crippen LogP contribution in [0.5, 0.6) is 0 Å². The molecule has 2 N–H and O–H groups in total. The Morgan fingerprint density at radius 1 is 1.43 bits per heavy atom. The minimum absolute atomic E-state index is 0.112. The number of benzene rings is 1. The van der Waals surface area contributed by atoms with E-state index in [1.54, 1.807) is 0 Å². The van der Waals surface area contributed by atoms with Crippen molar-refractivity contribution in [3.8, 4) is 5.69 Å². The second kappa shape index (κ2) is 5.96. The van der Waals surface area contributed by atoms with Crippen molar-refractivity contribution < 1.29 is 9.18 Å². The van der Waals surface area contributed by atoms with Gasteiger partial charge in [0.1, 0.15) is 12.1 Å². The minimum Gasteiger partial charge on any atom is -0.322 e. The lowest BCUT2D eigenvalue weighted by molar-refractivity contribution is -0.115. The average molecular weight is 290 g/mol. The molecule has 1 amide bonds. The fourth-order valence-electron chi connectivity index (χ4n) is 1.94. The van der Waals surface area contributed by atoms with E-state index in [4.69, 9.17) is 0 Å². The van der Waals surface area contributed by atoms with Crippen LogP contribution in [0.2, 0.25) is 0 Å². The highest BCUT2D eigenvalue weighted by molar-refractivity contribution is 5.92. The predicted octanol–water partition coefficient (Wildman–Crippen LogP) is 0.739. The van der Waals surface area contributed by atoms with E-state index in [1.165, 1.54) is 42.0 Å². The molecule has 0 radical (unpaired) electrons. The number of nitrogens with one attached hydrogen (secondary N) is 2. The van der Waals surface area contributed by atoms with Gasteiger partial charge in [-0.2, -0.15) is 0 Å². The molecule has 8 heteroatoms. The van der Waals surface area contributed by atoms with Gasteiger partial charge in [-0.15, -0.1) is 5.10 Å². The number of hydrogen-bond acceptors (Lipinski definition) is 5. The summed E-state index contributed by atoms with van der Waals surface area (Å²) in [7, 11) is 0. The van der Waals surface area contributed by atoms with Crippen LogP contribution in [0.3, 0.4) is 0 Å². The van der Waals surface area contributed by atoms with Gasteiger partial charge in [-0.05, 0) is 53.9 Å². The van der Waals surface area contributed by atoms with Gasteiger partial charge in [-0.25, -0.2) is 9.07 Å². The Balaban J connectivity index is 1.63. The molecule has 1 aliphatic rings. The zero-order chi connectivity index (χ0) is 14.7. The van der Waals surface area contributed by atoms with Crippen LogP contribution in [0.4, 0.5) is 10.1 Å². The molecule has 1 fully saturated rings. The van der Waals surface area contributed by atoms with Crippen LogP contribution >= 0.6 is 0 Å². The zero-order valence-corrected chi connectivity index (χ0v) is 11.3. The number of rotatable bonds is 6. The summed E-state index contributed by atoms with van der Waals surface area (Å²) in [4.78, 5) is 11.8. The predicted molar refractivity (Wildman–Crippen MR) is 73.3 cm³/mol. The summed E-state index contributed by atoms with van der Waals surface area (Å²) in [6, 6.07) is 4.29. The van der Waals surface area contributed by atoms with Crippen LogP contribution in [0.1, 0.15) is 12.8 Å². The zero-order valence-electron chi connectivity index (χ0n) is 11.3. The van der Waals surface area contributed by atoms with E-state index in [2.05, 4.69) is 26.2 Å². The number of tetrazole rings is 1. The highest BCUT2D eigenvalue weighted by atomic mass is 19.1. The minimum atomic E-state index is -0.498. The van der Waals surface area contributed by atoms with E-state index in [-0.39, 0.29) is 18.1 Å². The van der Waals surface area contributed by atoms with Gasteiger partial charge in [0.2, 0.25) is 5.91 Å². The third-order valence-electron chi connectivity index (χ3n) is 3.25. The van der Waals surface area contributed by atoms with Crippen molar-refractivity contribution in [2.45, 2.75) is 12.8 Å². The van der Waals surface area contributed by atoms with Crippen LogP contribution in [-0.4, -0.2) is 39.2 Å². The molecule has 7 nitrogen and oxygen atoms in total. The van der Waals surface area contributed by atoms with Gasteiger partial charge in [0.25, 0.3) is 0 Å². The molecule has 0 saturated heterocycles. The topological polar surface area (TPSA) is 84.7 Å². The van der Waals surface area contributed by atoms with Crippen molar-refractivity contribution in [3.63, 3.8) is 0 Å². The van der Waals surface area contributed by atoms with Crippen molar-refractivity contribution in [3.05, 3.63) is 30.3 Å². The smallest absolute Gasteiger partial charge is 0.238 e. The molecule has 0 aliphatic heterocycles. The van der Waals surface area contributed by atoms with E-state index in [0.29, 0.717) is 11.6 Å². The van der Waals surface area contributed by atoms with Gasteiger partial charge in [-0.1, -0.05) is 0 Å². The number of hydrogen-bond donors (Lipinski definition) is 2. The van der Waals surface area contributed by atoms with Crippen molar-refractivity contribution >= 4 is 11.6 Å². The number of nitrogens with zero attached hydrogens (tertiary/aromatic N) is 4. The van der Waals surface area contributed by atoms with E-state index in [1.807, 2.05) is 0 Å². The largest absolute Gasteiger partial charge is 0.322 e. The molecule has 0 unspecified atom stereocenters. The van der Waals surface area contributed by atoms with Crippen LogP contribution in [0, 0.1) is 11.7 Å². The standard InChI is InChI=1S/C13H15FN6O/c14-11-4-3-10(20-8-16-18-19-20)5-12(11)17-13(21)7-15-6-9-1-2-9/h3-5,8-9,15H,1-2,6-7H2,(H,17,21). The molecule has 21 heavy (non-hydrogen) atoms. The molecule has 0 spiro atoms. The Labute approximate surface area is 120 Å². The first kappa shape index (κ1) is 13.6. The summed E-state index contributed by atoms with van der Waals surface area (Å²) >= 11 is 0. The Kier molecular flexibility index (Phi) is 3.87. The highest BCUT2D eigenvalue weighted by Gasteiger charge is 2.20. The summed E-state index contributed by atoms with van der Waals surface area (Å²) in [5, 5.41) is 16.4. The maximum atomic E-state index is 13.7. The van der Waals surface area contributed by atoms with E-state index >= 15 is 0 Å². The Morgan fingerprint density at radius 3 is 3.00 bits per heavy atom. The molecule has 3 rings (SSSR count). The van der Waals surface area contributed by atoms with Crippen LogP contribution in [-0.2, 0) is 4.79 Å².